The first kappa shape index (κ1) is 24.5. The van der Waals surface area contributed by atoms with Gasteiger partial charge in [0.15, 0.2) is 0 Å². The third kappa shape index (κ3) is 4.39. The second-order valence-corrected chi connectivity index (χ2v) is 12.4. The fraction of sp³-hybridized carbons (Fsp3) is 0.400. The van der Waals surface area contributed by atoms with Crippen molar-refractivity contribution in [1.82, 2.24) is 0 Å². The zero-order chi connectivity index (χ0) is 25.0. The molecule has 180 valence electrons. The Morgan fingerprint density at radius 2 is 1.06 bits per heavy atom. The molecule has 0 aliphatic carbocycles. The molecule has 0 radical (unpaired) electrons. The fourth-order valence-corrected chi connectivity index (χ4v) is 5.55. The third-order valence-electron chi connectivity index (χ3n) is 6.72. The summed E-state index contributed by atoms with van der Waals surface area (Å²) in [5.41, 5.74) is 8.84. The summed E-state index contributed by atoms with van der Waals surface area (Å²) in [4.78, 5) is 0. The standard InChI is InChI=1S/C30H37O3P/c1-18-16-23(29(5,6)7)27-25(20(18)3)26-21(4)19(2)17-24(30(8,9)10)28(26)33-34(32-27)31-22-14-12-11-13-15-22/h11-17H,1-10H3. The van der Waals surface area contributed by atoms with E-state index in [1.165, 1.54) is 33.4 Å². The van der Waals surface area contributed by atoms with Gasteiger partial charge in [-0.15, -0.1) is 0 Å². The van der Waals surface area contributed by atoms with Crippen molar-refractivity contribution < 1.29 is 12.9 Å². The van der Waals surface area contributed by atoms with Crippen LogP contribution in [0.15, 0.2) is 50.9 Å². The van der Waals surface area contributed by atoms with Crippen molar-refractivity contribution in [1.29, 1.82) is 0 Å². The van der Waals surface area contributed by atoms with Crippen molar-refractivity contribution in [3.63, 3.8) is 0 Å². The van der Waals surface area contributed by atoms with Crippen LogP contribution in [-0.2, 0) is 10.8 Å². The quantitative estimate of drug-likeness (QED) is 0.289. The zero-order valence-corrected chi connectivity index (χ0v) is 23.1. The lowest BCUT2D eigenvalue weighted by Crippen LogP contribution is -2.13. The molecule has 0 spiro atoms. The summed E-state index contributed by atoms with van der Waals surface area (Å²) in [5, 5.41) is 2.27. The minimum absolute atomic E-state index is 0.106. The molecule has 0 saturated carbocycles. The lowest BCUT2D eigenvalue weighted by atomic mass is 9.81. The second-order valence-electron chi connectivity index (χ2n) is 11.5. The van der Waals surface area contributed by atoms with E-state index in [1.54, 1.807) is 0 Å². The molecule has 3 aromatic carbocycles. The average molecular weight is 477 g/mol. The number of fused-ring (bicyclic) bond motifs is 3. The van der Waals surface area contributed by atoms with Gasteiger partial charge in [-0.2, -0.15) is 0 Å². The molecular formula is C30H37O3P. The van der Waals surface area contributed by atoms with Gasteiger partial charge < -0.3 is 12.9 Å². The number of para-hydroxylation sites is 1. The Kier molecular flexibility index (Phi) is 6.15. The van der Waals surface area contributed by atoms with E-state index in [-0.39, 0.29) is 10.8 Å². The van der Waals surface area contributed by atoms with E-state index in [9.17, 15) is 0 Å². The highest BCUT2D eigenvalue weighted by atomic mass is 31.1. The first-order valence-corrected chi connectivity index (χ1v) is 13.1. The normalized spacial score (nSPS) is 12.4. The molecule has 0 aliphatic rings. The lowest BCUT2D eigenvalue weighted by molar-refractivity contribution is 0.489. The topological polar surface area (TPSA) is 35.5 Å². The van der Waals surface area contributed by atoms with E-state index in [2.05, 4.69) is 81.4 Å². The van der Waals surface area contributed by atoms with E-state index in [1.807, 2.05) is 30.3 Å². The maximum absolute atomic E-state index is 6.72. The van der Waals surface area contributed by atoms with Gasteiger partial charge in [0.25, 0.3) is 0 Å². The molecule has 1 heterocycles. The number of hydrogen-bond acceptors (Lipinski definition) is 3. The maximum atomic E-state index is 6.72. The van der Waals surface area contributed by atoms with Crippen LogP contribution in [0.25, 0.3) is 21.9 Å². The molecule has 0 unspecified atom stereocenters. The number of rotatable bonds is 2. The van der Waals surface area contributed by atoms with E-state index >= 15 is 0 Å². The highest BCUT2D eigenvalue weighted by molar-refractivity contribution is 7.32. The third-order valence-corrected chi connectivity index (χ3v) is 7.74. The Hall–Kier alpha value is -2.64. The summed E-state index contributed by atoms with van der Waals surface area (Å²) in [5.74, 6) is 0.737. The summed E-state index contributed by atoms with van der Waals surface area (Å²) >= 11 is 0. The molecule has 1 aromatic heterocycles. The van der Waals surface area contributed by atoms with Crippen molar-refractivity contribution in [2.24, 2.45) is 0 Å². The molecule has 0 amide bonds. The van der Waals surface area contributed by atoms with Crippen LogP contribution in [0.4, 0.5) is 0 Å². The van der Waals surface area contributed by atoms with Crippen molar-refractivity contribution >= 4 is 30.2 Å². The highest BCUT2D eigenvalue weighted by Gasteiger charge is 2.27. The van der Waals surface area contributed by atoms with Crippen LogP contribution in [0, 0.1) is 27.7 Å². The lowest BCUT2D eigenvalue weighted by Gasteiger charge is -2.23. The van der Waals surface area contributed by atoms with Gasteiger partial charge in [-0.25, -0.2) is 0 Å². The minimum Gasteiger partial charge on any atom is -0.391 e. The zero-order valence-electron chi connectivity index (χ0n) is 22.2. The van der Waals surface area contributed by atoms with Gasteiger partial charge in [0.2, 0.25) is 0 Å². The molecule has 0 aliphatic heterocycles. The van der Waals surface area contributed by atoms with Crippen LogP contribution in [0.3, 0.4) is 0 Å². The van der Waals surface area contributed by atoms with E-state index in [0.717, 1.165) is 27.7 Å². The molecule has 0 bridgehead atoms. The number of aryl methyl sites for hydroxylation is 4. The van der Waals surface area contributed by atoms with E-state index in [0.29, 0.717) is 0 Å². The van der Waals surface area contributed by atoms with E-state index < -0.39 is 8.24 Å². The highest BCUT2D eigenvalue weighted by Crippen LogP contribution is 2.46. The first-order valence-electron chi connectivity index (χ1n) is 12.0. The van der Waals surface area contributed by atoms with Gasteiger partial charge >= 0.3 is 8.24 Å². The molecule has 0 fully saturated rings. The maximum Gasteiger partial charge on any atom is 0.453 e. The number of benzene rings is 3. The summed E-state index contributed by atoms with van der Waals surface area (Å²) < 4.78 is 19.8. The summed E-state index contributed by atoms with van der Waals surface area (Å²) in [6.07, 6.45) is 0. The molecular weight excluding hydrogens is 439 g/mol. The molecule has 4 aromatic rings. The van der Waals surface area contributed by atoms with Gasteiger partial charge in [-0.05, 0) is 72.9 Å². The summed E-state index contributed by atoms with van der Waals surface area (Å²) in [6, 6.07) is 14.3. The Balaban J connectivity index is 2.32. The molecule has 0 N–H and O–H groups in total. The van der Waals surface area contributed by atoms with Crippen molar-refractivity contribution in [3.8, 4) is 5.75 Å². The van der Waals surface area contributed by atoms with Crippen LogP contribution in [0.1, 0.15) is 74.9 Å². The summed E-state index contributed by atoms with van der Waals surface area (Å²) in [7, 11) is -1.72. The van der Waals surface area contributed by atoms with Gasteiger partial charge in [-0.1, -0.05) is 71.9 Å². The van der Waals surface area contributed by atoms with Gasteiger partial charge in [0.05, 0.1) is 0 Å². The van der Waals surface area contributed by atoms with Crippen molar-refractivity contribution in [2.45, 2.75) is 80.1 Å². The predicted molar refractivity (Wildman–Crippen MR) is 145 cm³/mol. The van der Waals surface area contributed by atoms with Crippen molar-refractivity contribution in [3.05, 3.63) is 75.8 Å². The smallest absolute Gasteiger partial charge is 0.391 e. The van der Waals surface area contributed by atoms with Crippen LogP contribution in [0.5, 0.6) is 5.75 Å². The van der Waals surface area contributed by atoms with E-state index in [4.69, 9.17) is 12.9 Å². The molecule has 4 rings (SSSR count). The minimum atomic E-state index is -1.72. The predicted octanol–water partition coefficient (Wildman–Crippen LogP) is 9.96. The summed E-state index contributed by atoms with van der Waals surface area (Å²) in [6.45, 7) is 22.2. The van der Waals surface area contributed by atoms with Crippen LogP contribution >= 0.6 is 8.24 Å². The Morgan fingerprint density at radius 1 is 0.647 bits per heavy atom. The molecule has 0 atom stereocenters. The molecule has 4 heteroatoms. The van der Waals surface area contributed by atoms with Gasteiger partial charge in [0.1, 0.15) is 16.9 Å². The van der Waals surface area contributed by atoms with Crippen molar-refractivity contribution in [2.75, 3.05) is 0 Å². The Morgan fingerprint density at radius 3 is 1.44 bits per heavy atom. The molecule has 34 heavy (non-hydrogen) atoms. The Labute approximate surface area is 204 Å². The SMILES string of the molecule is Cc1cc(C(C)(C)C)c2op(Oc3ccccc3)oc3c(C(C)(C)C)cc(C)c(C)c3c2c1C. The fourth-order valence-electron chi connectivity index (χ4n) is 4.46. The van der Waals surface area contributed by atoms with Crippen LogP contribution in [-0.4, -0.2) is 0 Å². The molecule has 0 saturated heterocycles. The Bertz CT molecular complexity index is 1330. The monoisotopic (exact) mass is 476 g/mol. The largest absolute Gasteiger partial charge is 0.453 e. The second kappa shape index (κ2) is 8.54. The van der Waals surface area contributed by atoms with Crippen LogP contribution in [0.2, 0.25) is 0 Å². The number of hydrogen-bond donors (Lipinski definition) is 0. The molecule has 3 nitrogen and oxygen atoms in total. The van der Waals surface area contributed by atoms with Gasteiger partial charge in [-0.3, -0.25) is 0 Å². The van der Waals surface area contributed by atoms with Gasteiger partial charge in [0, 0.05) is 21.9 Å². The first-order chi connectivity index (χ1) is 15.8. The average Bonchev–Trinajstić information content (AvgIpc) is 2.89. The van der Waals surface area contributed by atoms with Crippen LogP contribution < -0.4 is 4.52 Å².